The summed E-state index contributed by atoms with van der Waals surface area (Å²) in [5, 5.41) is 4.32. The van der Waals surface area contributed by atoms with Crippen LogP contribution in [0.3, 0.4) is 0 Å². The second-order valence-corrected chi connectivity index (χ2v) is 5.05. The number of nitrogen functional groups attached to an aromatic ring is 1. The van der Waals surface area contributed by atoms with Gasteiger partial charge < -0.3 is 5.73 Å². The number of pyridine rings is 1. The zero-order valence-electron chi connectivity index (χ0n) is 9.99. The van der Waals surface area contributed by atoms with Gasteiger partial charge in [-0.15, -0.1) is 0 Å². The molecule has 0 bridgehead atoms. The maximum absolute atomic E-state index is 5.79. The van der Waals surface area contributed by atoms with Gasteiger partial charge in [-0.3, -0.25) is 0 Å². The molecule has 2 N–H and O–H groups in total. The van der Waals surface area contributed by atoms with Gasteiger partial charge in [0.1, 0.15) is 0 Å². The summed E-state index contributed by atoms with van der Waals surface area (Å²) in [6, 6.07) is 11.6. The lowest BCUT2D eigenvalue weighted by molar-refractivity contribution is 0.846. The van der Waals surface area contributed by atoms with Gasteiger partial charge in [-0.05, 0) is 45.8 Å². The lowest BCUT2D eigenvalue weighted by Crippen LogP contribution is -1.96. The maximum atomic E-state index is 5.79. The van der Waals surface area contributed by atoms with Gasteiger partial charge in [0, 0.05) is 28.1 Å². The maximum Gasteiger partial charge on any atom is 0.153 e. The number of anilines is 1. The third kappa shape index (κ3) is 2.51. The van der Waals surface area contributed by atoms with Gasteiger partial charge in [-0.2, -0.15) is 5.10 Å². The van der Waals surface area contributed by atoms with Gasteiger partial charge in [0.2, 0.25) is 0 Å². The SMILES string of the molecule is Nc1cccc(-c2cnn(-c3ccc(Br)cn3)c2)c1. The molecule has 0 saturated carbocycles. The van der Waals surface area contributed by atoms with E-state index in [1.54, 1.807) is 17.1 Å². The summed E-state index contributed by atoms with van der Waals surface area (Å²) in [6.07, 6.45) is 5.49. The predicted molar refractivity (Wildman–Crippen MR) is 78.9 cm³/mol. The van der Waals surface area contributed by atoms with Crippen molar-refractivity contribution in [2.45, 2.75) is 0 Å². The van der Waals surface area contributed by atoms with Crippen LogP contribution in [-0.2, 0) is 0 Å². The number of benzene rings is 1. The van der Waals surface area contributed by atoms with Crippen molar-refractivity contribution in [1.82, 2.24) is 14.8 Å². The molecule has 0 amide bonds. The molecule has 2 aromatic heterocycles. The quantitative estimate of drug-likeness (QED) is 0.738. The highest BCUT2D eigenvalue weighted by Crippen LogP contribution is 2.21. The Kier molecular flexibility index (Phi) is 3.05. The van der Waals surface area contributed by atoms with Crippen LogP contribution in [0.15, 0.2) is 59.5 Å². The Bertz CT molecular complexity index is 703. The van der Waals surface area contributed by atoms with Crippen LogP contribution in [-0.4, -0.2) is 14.8 Å². The van der Waals surface area contributed by atoms with Crippen molar-refractivity contribution in [1.29, 1.82) is 0 Å². The molecule has 3 aromatic rings. The average Bonchev–Trinajstić information content (AvgIpc) is 2.89. The van der Waals surface area contributed by atoms with Crippen LogP contribution in [0.2, 0.25) is 0 Å². The lowest BCUT2D eigenvalue weighted by atomic mass is 10.1. The van der Waals surface area contributed by atoms with E-state index in [0.717, 1.165) is 27.1 Å². The van der Waals surface area contributed by atoms with E-state index >= 15 is 0 Å². The number of nitrogens with two attached hydrogens (primary N) is 1. The molecule has 0 unspecified atom stereocenters. The number of aromatic nitrogens is 3. The first-order valence-electron chi connectivity index (χ1n) is 5.75. The first-order chi connectivity index (χ1) is 9.22. The minimum atomic E-state index is 0.743. The highest BCUT2D eigenvalue weighted by atomic mass is 79.9. The Morgan fingerprint density at radius 2 is 1.95 bits per heavy atom. The fraction of sp³-hybridized carbons (Fsp3) is 0. The minimum absolute atomic E-state index is 0.743. The van der Waals surface area contributed by atoms with Crippen molar-refractivity contribution in [3.63, 3.8) is 0 Å². The Morgan fingerprint density at radius 3 is 2.68 bits per heavy atom. The Morgan fingerprint density at radius 1 is 1.05 bits per heavy atom. The van der Waals surface area contributed by atoms with Gasteiger partial charge in [-0.1, -0.05) is 12.1 Å². The highest BCUT2D eigenvalue weighted by molar-refractivity contribution is 9.10. The largest absolute Gasteiger partial charge is 0.399 e. The van der Waals surface area contributed by atoms with E-state index in [0.29, 0.717) is 0 Å². The second kappa shape index (κ2) is 4.85. The summed E-state index contributed by atoms with van der Waals surface area (Å²) in [7, 11) is 0. The summed E-state index contributed by atoms with van der Waals surface area (Å²) >= 11 is 3.36. The van der Waals surface area contributed by atoms with E-state index in [1.807, 2.05) is 42.6 Å². The van der Waals surface area contributed by atoms with Crippen molar-refractivity contribution in [2.24, 2.45) is 0 Å². The van der Waals surface area contributed by atoms with Crippen molar-refractivity contribution < 1.29 is 0 Å². The molecule has 0 radical (unpaired) electrons. The number of rotatable bonds is 2. The molecule has 0 saturated heterocycles. The summed E-state index contributed by atoms with van der Waals surface area (Å²) in [4.78, 5) is 4.30. The normalized spacial score (nSPS) is 10.6. The highest BCUT2D eigenvalue weighted by Gasteiger charge is 2.04. The first-order valence-corrected chi connectivity index (χ1v) is 6.54. The van der Waals surface area contributed by atoms with Crippen LogP contribution >= 0.6 is 15.9 Å². The number of halogens is 1. The molecule has 0 aliphatic carbocycles. The summed E-state index contributed by atoms with van der Waals surface area (Å²) in [5.74, 6) is 0.776. The lowest BCUT2D eigenvalue weighted by Gasteiger charge is -2.00. The molecule has 5 heteroatoms. The monoisotopic (exact) mass is 314 g/mol. The molecular formula is C14H11BrN4. The molecule has 3 rings (SSSR count). The van der Waals surface area contributed by atoms with Crippen LogP contribution in [0.4, 0.5) is 5.69 Å². The van der Waals surface area contributed by atoms with Gasteiger partial charge >= 0.3 is 0 Å². The molecular weight excluding hydrogens is 304 g/mol. The van der Waals surface area contributed by atoms with E-state index in [9.17, 15) is 0 Å². The van der Waals surface area contributed by atoms with E-state index in [4.69, 9.17) is 5.73 Å². The van der Waals surface area contributed by atoms with Crippen molar-refractivity contribution >= 4 is 21.6 Å². The minimum Gasteiger partial charge on any atom is -0.399 e. The molecule has 0 aliphatic rings. The molecule has 4 nitrogen and oxygen atoms in total. The van der Waals surface area contributed by atoms with E-state index in [-0.39, 0.29) is 0 Å². The van der Waals surface area contributed by atoms with Gasteiger partial charge in [-0.25, -0.2) is 9.67 Å². The molecule has 0 spiro atoms. The molecule has 2 heterocycles. The van der Waals surface area contributed by atoms with Gasteiger partial charge in [0.25, 0.3) is 0 Å². The standard InChI is InChI=1S/C14H11BrN4/c15-12-4-5-14(17-8-12)19-9-11(7-18-19)10-2-1-3-13(16)6-10/h1-9H,16H2. The summed E-state index contributed by atoms with van der Waals surface area (Å²) in [6.45, 7) is 0. The second-order valence-electron chi connectivity index (χ2n) is 4.13. The first kappa shape index (κ1) is 11.9. The third-order valence-electron chi connectivity index (χ3n) is 2.75. The zero-order valence-corrected chi connectivity index (χ0v) is 11.6. The van der Waals surface area contributed by atoms with Gasteiger partial charge in [0.05, 0.1) is 6.20 Å². The average molecular weight is 315 g/mol. The van der Waals surface area contributed by atoms with Crippen LogP contribution < -0.4 is 5.73 Å². The molecule has 0 fully saturated rings. The molecule has 0 atom stereocenters. The Hall–Kier alpha value is -2.14. The summed E-state index contributed by atoms with van der Waals surface area (Å²) < 4.78 is 2.68. The van der Waals surface area contributed by atoms with Crippen LogP contribution in [0.25, 0.3) is 16.9 Å². The molecule has 19 heavy (non-hydrogen) atoms. The fourth-order valence-corrected chi connectivity index (χ4v) is 2.05. The topological polar surface area (TPSA) is 56.7 Å². The zero-order chi connectivity index (χ0) is 13.2. The Balaban J connectivity index is 1.97. The van der Waals surface area contributed by atoms with E-state index in [2.05, 4.69) is 26.0 Å². The van der Waals surface area contributed by atoms with Gasteiger partial charge in [0.15, 0.2) is 5.82 Å². The number of nitrogens with zero attached hydrogens (tertiary/aromatic N) is 3. The third-order valence-corrected chi connectivity index (χ3v) is 3.22. The predicted octanol–water partition coefficient (Wildman–Crippen LogP) is 3.28. The molecule has 94 valence electrons. The number of hydrogen-bond acceptors (Lipinski definition) is 3. The molecule has 0 aliphatic heterocycles. The van der Waals surface area contributed by atoms with Crippen molar-refractivity contribution in [3.05, 3.63) is 59.5 Å². The van der Waals surface area contributed by atoms with Crippen LogP contribution in [0.1, 0.15) is 0 Å². The molecule has 1 aromatic carbocycles. The Labute approximate surface area is 119 Å². The fourth-order valence-electron chi connectivity index (χ4n) is 1.82. The smallest absolute Gasteiger partial charge is 0.153 e. The van der Waals surface area contributed by atoms with Crippen molar-refractivity contribution in [3.8, 4) is 16.9 Å². The van der Waals surface area contributed by atoms with Crippen molar-refractivity contribution in [2.75, 3.05) is 5.73 Å². The number of hydrogen-bond donors (Lipinski definition) is 1. The summed E-state index contributed by atoms with van der Waals surface area (Å²) in [5.41, 5.74) is 8.58. The van der Waals surface area contributed by atoms with E-state index < -0.39 is 0 Å². The van der Waals surface area contributed by atoms with E-state index in [1.165, 1.54) is 0 Å². The van der Waals surface area contributed by atoms with Crippen LogP contribution in [0.5, 0.6) is 0 Å². The van der Waals surface area contributed by atoms with Crippen LogP contribution in [0, 0.1) is 0 Å².